The van der Waals surface area contributed by atoms with Crippen LogP contribution in [0.25, 0.3) is 10.9 Å². The number of nitrogens with zero attached hydrogens (tertiary/aromatic N) is 3. The first-order valence-corrected chi connectivity index (χ1v) is 8.43. The molecule has 6 nitrogen and oxygen atoms in total. The van der Waals surface area contributed by atoms with Crippen molar-refractivity contribution in [1.82, 2.24) is 20.0 Å². The van der Waals surface area contributed by atoms with Crippen molar-refractivity contribution in [2.75, 3.05) is 26.7 Å². The largest absolute Gasteiger partial charge is 0.497 e. The first-order chi connectivity index (χ1) is 12.1. The Morgan fingerprint density at radius 3 is 2.76 bits per heavy atom. The normalized spacial score (nSPS) is 25.5. The molecule has 1 aromatic heterocycles. The molecule has 8 heteroatoms. The summed E-state index contributed by atoms with van der Waals surface area (Å²) in [6.45, 7) is -0.477. The predicted molar refractivity (Wildman–Crippen MR) is 87.8 cm³/mol. The number of aromatic nitrogens is 2. The van der Waals surface area contributed by atoms with Gasteiger partial charge in [-0.3, -0.25) is 14.8 Å². The van der Waals surface area contributed by atoms with E-state index in [1.165, 1.54) is 7.11 Å². The zero-order chi connectivity index (χ0) is 17.6. The lowest BCUT2D eigenvalue weighted by molar-refractivity contribution is -0.0791. The number of benzene rings is 1. The van der Waals surface area contributed by atoms with E-state index in [0.717, 1.165) is 30.8 Å². The van der Waals surface area contributed by atoms with E-state index in [-0.39, 0.29) is 11.6 Å². The lowest BCUT2D eigenvalue weighted by Gasteiger charge is -2.48. The zero-order valence-corrected chi connectivity index (χ0v) is 13.9. The Morgan fingerprint density at radius 1 is 1.40 bits per heavy atom. The van der Waals surface area contributed by atoms with Crippen LogP contribution in [0.5, 0.6) is 5.75 Å². The second kappa shape index (κ2) is 6.25. The monoisotopic (exact) mass is 350 g/mol. The van der Waals surface area contributed by atoms with Gasteiger partial charge in [0.25, 0.3) is 5.91 Å². The highest BCUT2D eigenvalue weighted by Gasteiger charge is 2.43. The Balaban J connectivity index is 1.67. The number of hydrogen-bond acceptors (Lipinski definition) is 4. The molecule has 1 N–H and O–H groups in total. The molecule has 3 fully saturated rings. The van der Waals surface area contributed by atoms with Gasteiger partial charge >= 0.3 is 6.55 Å². The second-order valence-electron chi connectivity index (χ2n) is 6.68. The topological polar surface area (TPSA) is 61.5 Å². The van der Waals surface area contributed by atoms with Crippen molar-refractivity contribution in [2.45, 2.75) is 25.4 Å². The molecule has 0 radical (unpaired) electrons. The summed E-state index contributed by atoms with van der Waals surface area (Å²) >= 11 is 0. The Morgan fingerprint density at radius 2 is 2.16 bits per heavy atom. The number of carbonyl (C=O) groups excluding carboxylic acids is 1. The van der Waals surface area contributed by atoms with Crippen LogP contribution in [0.2, 0.25) is 0 Å². The number of halogens is 2. The summed E-state index contributed by atoms with van der Waals surface area (Å²) in [5, 5.41) is 7.28. The molecular formula is C17H20F2N4O2. The summed E-state index contributed by atoms with van der Waals surface area (Å²) in [5.41, 5.74) is 0.625. The molecule has 0 spiro atoms. The van der Waals surface area contributed by atoms with Gasteiger partial charge in [-0.05, 0) is 44.0 Å². The van der Waals surface area contributed by atoms with Gasteiger partial charge in [-0.1, -0.05) is 0 Å². The van der Waals surface area contributed by atoms with Crippen LogP contribution < -0.4 is 4.74 Å². The van der Waals surface area contributed by atoms with E-state index >= 15 is 0 Å². The average molecular weight is 350 g/mol. The highest BCUT2D eigenvalue weighted by atomic mass is 19.3. The average Bonchev–Trinajstić information content (AvgIpc) is 3.05. The van der Waals surface area contributed by atoms with Gasteiger partial charge in [-0.25, -0.2) is 0 Å². The summed E-state index contributed by atoms with van der Waals surface area (Å²) in [6.07, 6.45) is 1.72. The van der Waals surface area contributed by atoms with E-state index in [9.17, 15) is 13.6 Å². The fraction of sp³-hybridized carbons (Fsp3) is 0.529. The minimum atomic E-state index is -2.84. The number of fused-ring (bicyclic) bond motifs is 4. The fourth-order valence-corrected chi connectivity index (χ4v) is 4.04. The maximum absolute atomic E-state index is 13.8. The van der Waals surface area contributed by atoms with E-state index in [0.29, 0.717) is 23.2 Å². The maximum atomic E-state index is 13.8. The number of alkyl halides is 2. The van der Waals surface area contributed by atoms with Crippen molar-refractivity contribution >= 4 is 16.8 Å². The highest BCUT2D eigenvalue weighted by Crippen LogP contribution is 2.34. The van der Waals surface area contributed by atoms with Gasteiger partial charge in [-0.2, -0.15) is 13.9 Å². The van der Waals surface area contributed by atoms with Crippen molar-refractivity contribution in [3.63, 3.8) is 0 Å². The molecule has 0 saturated carbocycles. The molecule has 1 amide bonds. The Kier molecular flexibility index (Phi) is 4.07. The number of carbonyl (C=O) groups is 1. The third-order valence-electron chi connectivity index (χ3n) is 5.40. The molecular weight excluding hydrogens is 330 g/mol. The quantitative estimate of drug-likeness (QED) is 0.860. The SMILES string of the molecule is COc1ccc2c(C(=O)N(C(F)F)[C@@H]3CN4CCC3CC4)n[nH]c2c1. The predicted octanol–water partition coefficient (Wildman–Crippen LogP) is 2.33. The van der Waals surface area contributed by atoms with E-state index in [1.54, 1.807) is 18.2 Å². The van der Waals surface area contributed by atoms with Crippen LogP contribution in [-0.2, 0) is 0 Å². The van der Waals surface area contributed by atoms with Crippen molar-refractivity contribution in [2.24, 2.45) is 5.92 Å². The number of amides is 1. The molecule has 1 aromatic carbocycles. The van der Waals surface area contributed by atoms with Crippen molar-refractivity contribution in [3.8, 4) is 5.75 Å². The van der Waals surface area contributed by atoms with Crippen LogP contribution >= 0.6 is 0 Å². The number of hydrogen-bond donors (Lipinski definition) is 1. The maximum Gasteiger partial charge on any atom is 0.318 e. The third kappa shape index (κ3) is 2.74. The molecule has 1 atom stereocenters. The van der Waals surface area contributed by atoms with Gasteiger partial charge in [0.05, 0.1) is 18.7 Å². The summed E-state index contributed by atoms with van der Waals surface area (Å²) in [6, 6.07) is 4.60. The second-order valence-corrected chi connectivity index (χ2v) is 6.68. The van der Waals surface area contributed by atoms with Gasteiger partial charge in [0, 0.05) is 18.0 Å². The molecule has 4 heterocycles. The van der Waals surface area contributed by atoms with Gasteiger partial charge in [-0.15, -0.1) is 0 Å². The Labute approximate surface area is 143 Å². The van der Waals surface area contributed by atoms with E-state index < -0.39 is 18.5 Å². The molecule has 3 aliphatic rings. The first kappa shape index (κ1) is 16.3. The van der Waals surface area contributed by atoms with E-state index in [2.05, 4.69) is 15.1 Å². The molecule has 3 aliphatic heterocycles. The van der Waals surface area contributed by atoms with Crippen molar-refractivity contribution in [1.29, 1.82) is 0 Å². The van der Waals surface area contributed by atoms with Crippen LogP contribution in [0.15, 0.2) is 18.2 Å². The van der Waals surface area contributed by atoms with Crippen LogP contribution in [0, 0.1) is 5.92 Å². The molecule has 2 bridgehead atoms. The molecule has 5 rings (SSSR count). The van der Waals surface area contributed by atoms with Crippen molar-refractivity contribution in [3.05, 3.63) is 23.9 Å². The summed E-state index contributed by atoms with van der Waals surface area (Å²) in [5.74, 6) is 0.0247. The van der Waals surface area contributed by atoms with Gasteiger partial charge < -0.3 is 9.64 Å². The fourth-order valence-electron chi connectivity index (χ4n) is 4.04. The molecule has 3 saturated heterocycles. The van der Waals surface area contributed by atoms with Crippen LogP contribution in [-0.4, -0.2) is 65.2 Å². The number of ether oxygens (including phenoxy) is 1. The molecule has 2 aromatic rings. The number of rotatable bonds is 4. The van der Waals surface area contributed by atoms with E-state index in [4.69, 9.17) is 4.74 Å². The van der Waals surface area contributed by atoms with Gasteiger partial charge in [0.2, 0.25) is 0 Å². The van der Waals surface area contributed by atoms with Gasteiger partial charge in [0.1, 0.15) is 5.75 Å². The highest BCUT2D eigenvalue weighted by molar-refractivity contribution is 6.05. The number of H-pyrrole nitrogens is 1. The summed E-state index contributed by atoms with van der Waals surface area (Å²) in [4.78, 5) is 15.8. The molecule has 134 valence electrons. The standard InChI is InChI=1S/C17H20F2N4O2/c1-25-11-2-3-12-13(8-11)20-21-15(12)16(24)23(17(18)19)14-9-22-6-4-10(14)5-7-22/h2-3,8,10,14,17H,4-7,9H2,1H3,(H,20,21)/t14-/m1/s1. The molecule has 0 unspecified atom stereocenters. The third-order valence-corrected chi connectivity index (χ3v) is 5.40. The van der Waals surface area contributed by atoms with Crippen LogP contribution in [0.3, 0.4) is 0 Å². The van der Waals surface area contributed by atoms with E-state index in [1.807, 2.05) is 0 Å². The number of piperidine rings is 3. The minimum Gasteiger partial charge on any atom is -0.497 e. The summed E-state index contributed by atoms with van der Waals surface area (Å²) in [7, 11) is 1.54. The molecule has 0 aliphatic carbocycles. The number of aromatic amines is 1. The van der Waals surface area contributed by atoms with Crippen LogP contribution in [0.4, 0.5) is 8.78 Å². The summed E-state index contributed by atoms with van der Waals surface area (Å²) < 4.78 is 32.7. The lowest BCUT2D eigenvalue weighted by Crippen LogP contribution is -2.60. The Hall–Kier alpha value is -2.22. The minimum absolute atomic E-state index is 0.0365. The molecule has 25 heavy (non-hydrogen) atoms. The number of nitrogens with one attached hydrogen (secondary N) is 1. The van der Waals surface area contributed by atoms with Gasteiger partial charge in [0.15, 0.2) is 5.69 Å². The zero-order valence-electron chi connectivity index (χ0n) is 13.9. The smallest absolute Gasteiger partial charge is 0.318 e. The number of methoxy groups -OCH3 is 1. The lowest BCUT2D eigenvalue weighted by atomic mass is 9.83. The first-order valence-electron chi connectivity index (χ1n) is 8.43. The van der Waals surface area contributed by atoms with Crippen LogP contribution in [0.1, 0.15) is 23.3 Å². The van der Waals surface area contributed by atoms with Crippen molar-refractivity contribution < 1.29 is 18.3 Å². The Bertz CT molecular complexity index is 786.